The molecule has 0 saturated carbocycles. The highest BCUT2D eigenvalue weighted by Crippen LogP contribution is 2.08. The number of nitrogens with one attached hydrogen (secondary N) is 1. The summed E-state index contributed by atoms with van der Waals surface area (Å²) in [6, 6.07) is -0.161. The largest absolute Gasteiger partial charge is 0.368 e. The van der Waals surface area contributed by atoms with Crippen LogP contribution >= 0.6 is 0 Å². The number of carbonyl (C=O) groups excluding carboxylic acids is 1. The molecule has 0 aliphatic carbocycles. The van der Waals surface area contributed by atoms with E-state index in [0.717, 1.165) is 0 Å². The number of hydrogen-bond acceptors (Lipinski definition) is 3. The van der Waals surface area contributed by atoms with Crippen molar-refractivity contribution in [3.8, 4) is 0 Å². The van der Waals surface area contributed by atoms with E-state index >= 15 is 0 Å². The van der Waals surface area contributed by atoms with Crippen LogP contribution in [0, 0.1) is 5.92 Å². The molecule has 0 saturated heterocycles. The van der Waals surface area contributed by atoms with Crippen LogP contribution in [0.1, 0.15) is 20.3 Å². The Labute approximate surface area is 73.7 Å². The average molecular weight is 173 g/mol. The lowest BCUT2D eigenvalue weighted by Gasteiger charge is -2.20. The maximum Gasteiger partial charge on any atom is 0.234 e. The van der Waals surface area contributed by atoms with Crippen LogP contribution in [0.25, 0.3) is 0 Å². The fraction of sp³-hybridized carbons (Fsp3) is 0.875. The molecule has 0 heterocycles. The summed E-state index contributed by atoms with van der Waals surface area (Å²) in [6.07, 6.45) is 0.698. The molecule has 0 aliphatic rings. The summed E-state index contributed by atoms with van der Waals surface area (Å²) < 4.78 is 0. The van der Waals surface area contributed by atoms with Gasteiger partial charge in [0.1, 0.15) is 0 Å². The Kier molecular flexibility index (Phi) is 4.85. The minimum absolute atomic E-state index is 0.0974. The average Bonchev–Trinajstić information content (AvgIpc) is 1.98. The van der Waals surface area contributed by atoms with E-state index in [2.05, 4.69) is 5.32 Å². The lowest BCUT2D eigenvalue weighted by atomic mass is 9.95. The molecular formula is C8H19N3O. The Morgan fingerprint density at radius 2 is 2.00 bits per heavy atom. The summed E-state index contributed by atoms with van der Waals surface area (Å²) in [5.74, 6) is -0.0139. The van der Waals surface area contributed by atoms with Crippen molar-refractivity contribution in [3.05, 3.63) is 0 Å². The second kappa shape index (κ2) is 5.11. The lowest BCUT2D eigenvalue weighted by Crippen LogP contribution is -2.42. The Morgan fingerprint density at radius 3 is 2.25 bits per heavy atom. The highest BCUT2D eigenvalue weighted by molar-refractivity contribution is 5.79. The third-order valence-corrected chi connectivity index (χ3v) is 2.20. The molecule has 3 atom stereocenters. The Hall–Kier alpha value is -0.610. The van der Waals surface area contributed by atoms with E-state index in [4.69, 9.17) is 11.5 Å². The predicted octanol–water partition coefficient (Wildman–Crippen LogP) is -0.567. The van der Waals surface area contributed by atoms with Crippen molar-refractivity contribution in [1.82, 2.24) is 5.32 Å². The van der Waals surface area contributed by atoms with Gasteiger partial charge >= 0.3 is 0 Å². The minimum Gasteiger partial charge on any atom is -0.368 e. The van der Waals surface area contributed by atoms with Crippen molar-refractivity contribution in [2.75, 3.05) is 7.05 Å². The topological polar surface area (TPSA) is 81.1 Å². The van der Waals surface area contributed by atoms with E-state index in [-0.39, 0.29) is 18.0 Å². The molecule has 4 heteroatoms. The van der Waals surface area contributed by atoms with Crippen molar-refractivity contribution in [2.24, 2.45) is 17.4 Å². The van der Waals surface area contributed by atoms with Crippen LogP contribution in [0.5, 0.6) is 0 Å². The van der Waals surface area contributed by atoms with E-state index in [1.54, 1.807) is 7.05 Å². The first kappa shape index (κ1) is 11.4. The van der Waals surface area contributed by atoms with Gasteiger partial charge in [-0.05, 0) is 26.3 Å². The lowest BCUT2D eigenvalue weighted by molar-refractivity contribution is -0.120. The number of carbonyl (C=O) groups is 1. The monoisotopic (exact) mass is 173 g/mol. The SMILES string of the molecule is CNC(CC(C)C(C)N)C(N)=O. The van der Waals surface area contributed by atoms with Crippen LogP contribution in [0.4, 0.5) is 0 Å². The predicted molar refractivity (Wildman–Crippen MR) is 49.5 cm³/mol. The van der Waals surface area contributed by atoms with Crippen molar-refractivity contribution in [2.45, 2.75) is 32.4 Å². The summed E-state index contributed by atoms with van der Waals surface area (Å²) in [5.41, 5.74) is 10.8. The Morgan fingerprint density at radius 1 is 1.50 bits per heavy atom. The van der Waals surface area contributed by atoms with Gasteiger partial charge in [0.05, 0.1) is 6.04 Å². The molecule has 5 N–H and O–H groups in total. The molecule has 4 nitrogen and oxygen atoms in total. The third-order valence-electron chi connectivity index (χ3n) is 2.20. The highest BCUT2D eigenvalue weighted by Gasteiger charge is 2.18. The molecule has 1 amide bonds. The first-order valence-corrected chi connectivity index (χ1v) is 4.21. The van der Waals surface area contributed by atoms with Gasteiger partial charge in [-0.1, -0.05) is 6.92 Å². The number of hydrogen-bond donors (Lipinski definition) is 3. The minimum atomic E-state index is -0.315. The van der Waals surface area contributed by atoms with Crippen molar-refractivity contribution in [1.29, 1.82) is 0 Å². The van der Waals surface area contributed by atoms with Gasteiger partial charge in [-0.25, -0.2) is 0 Å². The number of nitrogens with two attached hydrogens (primary N) is 2. The maximum absolute atomic E-state index is 10.8. The molecule has 0 spiro atoms. The van der Waals surface area contributed by atoms with E-state index < -0.39 is 0 Å². The summed E-state index contributed by atoms with van der Waals surface area (Å²) in [6.45, 7) is 3.94. The normalized spacial score (nSPS) is 18.3. The van der Waals surface area contributed by atoms with Crippen LogP contribution in [0.15, 0.2) is 0 Å². The zero-order valence-corrected chi connectivity index (χ0v) is 8.00. The first-order valence-electron chi connectivity index (χ1n) is 4.21. The van der Waals surface area contributed by atoms with Crippen molar-refractivity contribution < 1.29 is 4.79 Å². The molecule has 0 aromatic rings. The Bertz CT molecular complexity index is 147. The van der Waals surface area contributed by atoms with Gasteiger partial charge in [0.15, 0.2) is 0 Å². The van der Waals surface area contributed by atoms with Gasteiger partial charge in [-0.15, -0.1) is 0 Å². The third kappa shape index (κ3) is 3.69. The molecular weight excluding hydrogens is 154 g/mol. The molecule has 0 aliphatic heterocycles. The first-order chi connectivity index (χ1) is 5.49. The van der Waals surface area contributed by atoms with E-state index in [1.807, 2.05) is 13.8 Å². The summed E-state index contributed by atoms with van der Waals surface area (Å²) in [4.78, 5) is 10.8. The van der Waals surface area contributed by atoms with Gasteiger partial charge < -0.3 is 16.8 Å². The van der Waals surface area contributed by atoms with E-state index in [0.29, 0.717) is 12.3 Å². The summed E-state index contributed by atoms with van der Waals surface area (Å²) in [7, 11) is 1.73. The molecule has 0 fully saturated rings. The fourth-order valence-electron chi connectivity index (χ4n) is 0.963. The van der Waals surface area contributed by atoms with Gasteiger partial charge in [-0.2, -0.15) is 0 Å². The fourth-order valence-corrected chi connectivity index (χ4v) is 0.963. The molecule has 0 aromatic carbocycles. The standard InChI is InChI=1S/C8H19N3O/c1-5(6(2)9)4-7(11-3)8(10)12/h5-7,11H,4,9H2,1-3H3,(H2,10,12). The molecule has 0 radical (unpaired) electrons. The van der Waals surface area contributed by atoms with Crippen LogP contribution in [-0.2, 0) is 4.79 Å². The summed E-state index contributed by atoms with van der Waals surface area (Å²) >= 11 is 0. The molecule has 12 heavy (non-hydrogen) atoms. The second-order valence-electron chi connectivity index (χ2n) is 3.32. The van der Waals surface area contributed by atoms with E-state index in [1.165, 1.54) is 0 Å². The van der Waals surface area contributed by atoms with Crippen LogP contribution < -0.4 is 16.8 Å². The Balaban J connectivity index is 3.94. The smallest absolute Gasteiger partial charge is 0.234 e. The molecule has 3 unspecified atom stereocenters. The highest BCUT2D eigenvalue weighted by atomic mass is 16.1. The van der Waals surface area contributed by atoms with Gasteiger partial charge in [0, 0.05) is 6.04 Å². The molecule has 72 valence electrons. The van der Waals surface area contributed by atoms with Gasteiger partial charge in [0.2, 0.25) is 5.91 Å². The molecule has 0 bridgehead atoms. The zero-order chi connectivity index (χ0) is 9.72. The summed E-state index contributed by atoms with van der Waals surface area (Å²) in [5, 5.41) is 2.86. The van der Waals surface area contributed by atoms with Crippen LogP contribution in [0.3, 0.4) is 0 Å². The van der Waals surface area contributed by atoms with Gasteiger partial charge in [-0.3, -0.25) is 4.79 Å². The molecule has 0 aromatic heterocycles. The van der Waals surface area contributed by atoms with E-state index in [9.17, 15) is 4.79 Å². The number of primary amides is 1. The van der Waals surface area contributed by atoms with Crippen LogP contribution in [0.2, 0.25) is 0 Å². The maximum atomic E-state index is 10.8. The van der Waals surface area contributed by atoms with Gasteiger partial charge in [0.25, 0.3) is 0 Å². The second-order valence-corrected chi connectivity index (χ2v) is 3.32. The van der Waals surface area contributed by atoms with Crippen molar-refractivity contribution >= 4 is 5.91 Å². The zero-order valence-electron chi connectivity index (χ0n) is 8.00. The molecule has 0 rings (SSSR count). The van der Waals surface area contributed by atoms with Crippen molar-refractivity contribution in [3.63, 3.8) is 0 Å². The number of rotatable bonds is 5. The number of amides is 1. The quantitative estimate of drug-likeness (QED) is 0.521. The number of likely N-dealkylation sites (N-methyl/N-ethyl adjacent to an activating group) is 1. The van der Waals surface area contributed by atoms with Crippen LogP contribution in [-0.4, -0.2) is 25.0 Å².